The van der Waals surface area contributed by atoms with Gasteiger partial charge >= 0.3 is 5.97 Å². The van der Waals surface area contributed by atoms with Crippen molar-refractivity contribution in [2.24, 2.45) is 5.16 Å². The van der Waals surface area contributed by atoms with Crippen molar-refractivity contribution in [3.63, 3.8) is 0 Å². The molecule has 0 heterocycles. The fraction of sp³-hybridized carbons (Fsp3) is 0.222. The molecule has 0 radical (unpaired) electrons. The Morgan fingerprint density at radius 2 is 1.78 bits per heavy atom. The summed E-state index contributed by atoms with van der Waals surface area (Å²) < 4.78 is 11.1. The van der Waals surface area contributed by atoms with E-state index < -0.39 is 5.97 Å². The quantitative estimate of drug-likeness (QED) is 0.354. The first-order valence-electron chi connectivity index (χ1n) is 7.17. The van der Waals surface area contributed by atoms with Gasteiger partial charge in [0.2, 0.25) is 0 Å². The first kappa shape index (κ1) is 16.5. The van der Waals surface area contributed by atoms with E-state index in [1.54, 1.807) is 12.1 Å². The third kappa shape index (κ3) is 4.85. The molecule has 5 heteroatoms. The van der Waals surface area contributed by atoms with Crippen LogP contribution in [0.15, 0.2) is 53.7 Å². The summed E-state index contributed by atoms with van der Waals surface area (Å²) in [6.07, 6.45) is 0. The van der Waals surface area contributed by atoms with Crippen molar-refractivity contribution < 1.29 is 19.1 Å². The summed E-state index contributed by atoms with van der Waals surface area (Å²) in [6.45, 7) is 3.84. The van der Waals surface area contributed by atoms with Crippen molar-refractivity contribution in [1.29, 1.82) is 0 Å². The molecule has 0 aromatic heterocycles. The molecule has 0 aliphatic carbocycles. The number of carbonyl (C=O) groups is 1. The molecule has 2 aromatic carbocycles. The molecular formula is C18H19NO4. The van der Waals surface area contributed by atoms with E-state index in [1.165, 1.54) is 19.6 Å². The number of para-hydroxylation sites is 1. The summed E-state index contributed by atoms with van der Waals surface area (Å²) >= 11 is 0. The number of hydrogen-bond donors (Lipinski definition) is 0. The maximum Gasteiger partial charge on any atom is 0.361 e. The summed E-state index contributed by atoms with van der Waals surface area (Å²) in [5.41, 5.74) is 2.08. The van der Waals surface area contributed by atoms with Crippen LogP contribution in [0.2, 0.25) is 0 Å². The first-order chi connectivity index (χ1) is 11.1. The lowest BCUT2D eigenvalue weighted by atomic mass is 10.2. The van der Waals surface area contributed by atoms with Crippen LogP contribution in [0, 0.1) is 6.92 Å². The van der Waals surface area contributed by atoms with Gasteiger partial charge in [-0.15, -0.1) is 0 Å². The third-order valence-electron chi connectivity index (χ3n) is 3.11. The van der Waals surface area contributed by atoms with Gasteiger partial charge in [-0.1, -0.05) is 41.1 Å². The molecule has 120 valence electrons. The standard InChI is InChI=1S/C18H19NO4/c1-13-8-10-16(11-9-13)22-12-15-6-4-5-7-17(15)23-18(20)14(2)19-21-3/h4-11H,12H2,1-3H3. The van der Waals surface area contributed by atoms with E-state index in [0.29, 0.717) is 12.4 Å². The van der Waals surface area contributed by atoms with E-state index >= 15 is 0 Å². The van der Waals surface area contributed by atoms with Crippen molar-refractivity contribution in [1.82, 2.24) is 0 Å². The Labute approximate surface area is 135 Å². The van der Waals surface area contributed by atoms with Gasteiger partial charge < -0.3 is 14.3 Å². The average Bonchev–Trinajstić information content (AvgIpc) is 2.55. The highest BCUT2D eigenvalue weighted by Gasteiger charge is 2.13. The number of benzene rings is 2. The molecule has 0 unspecified atom stereocenters. The first-order valence-corrected chi connectivity index (χ1v) is 7.17. The molecule has 2 aromatic rings. The number of nitrogens with zero attached hydrogens (tertiary/aromatic N) is 1. The predicted molar refractivity (Wildman–Crippen MR) is 87.7 cm³/mol. The molecule has 0 saturated heterocycles. The SMILES string of the molecule is CON=C(C)C(=O)Oc1ccccc1COc1ccc(C)cc1. The van der Waals surface area contributed by atoms with Crippen molar-refractivity contribution in [3.05, 3.63) is 59.7 Å². The van der Waals surface area contributed by atoms with Crippen molar-refractivity contribution in [2.75, 3.05) is 7.11 Å². The van der Waals surface area contributed by atoms with Crippen LogP contribution in [0.25, 0.3) is 0 Å². The number of carbonyl (C=O) groups excluding carboxylic acids is 1. The van der Waals surface area contributed by atoms with E-state index in [0.717, 1.165) is 11.3 Å². The zero-order valence-corrected chi connectivity index (χ0v) is 13.4. The van der Waals surface area contributed by atoms with Crippen LogP contribution in [0.1, 0.15) is 18.1 Å². The second kappa shape index (κ2) is 7.98. The van der Waals surface area contributed by atoms with E-state index in [1.807, 2.05) is 43.3 Å². The molecule has 0 saturated carbocycles. The lowest BCUT2D eigenvalue weighted by Gasteiger charge is -2.11. The summed E-state index contributed by atoms with van der Waals surface area (Å²) in [5.74, 6) is 0.638. The number of hydrogen-bond acceptors (Lipinski definition) is 5. The van der Waals surface area contributed by atoms with Gasteiger partial charge in [0.15, 0.2) is 5.71 Å². The van der Waals surface area contributed by atoms with E-state index in [9.17, 15) is 4.79 Å². The fourth-order valence-corrected chi connectivity index (χ4v) is 1.87. The van der Waals surface area contributed by atoms with Crippen LogP contribution in [-0.2, 0) is 16.2 Å². The normalized spacial score (nSPS) is 11.0. The second-order valence-corrected chi connectivity index (χ2v) is 4.96. The number of oxime groups is 1. The Bertz CT molecular complexity index is 692. The largest absolute Gasteiger partial charge is 0.489 e. The topological polar surface area (TPSA) is 57.1 Å². The molecule has 0 atom stereocenters. The summed E-state index contributed by atoms with van der Waals surface area (Å²) in [5, 5.41) is 3.56. The minimum atomic E-state index is -0.561. The second-order valence-electron chi connectivity index (χ2n) is 4.96. The van der Waals surface area contributed by atoms with Gasteiger partial charge in [-0.05, 0) is 32.0 Å². The molecule has 5 nitrogen and oxygen atoms in total. The molecular weight excluding hydrogens is 294 g/mol. The zero-order valence-electron chi connectivity index (χ0n) is 13.4. The molecule has 0 spiro atoms. The van der Waals surface area contributed by atoms with Crippen LogP contribution < -0.4 is 9.47 Å². The third-order valence-corrected chi connectivity index (χ3v) is 3.11. The minimum absolute atomic E-state index is 0.141. The Kier molecular flexibility index (Phi) is 5.74. The van der Waals surface area contributed by atoms with Crippen molar-refractivity contribution in [3.8, 4) is 11.5 Å². The summed E-state index contributed by atoms with van der Waals surface area (Å²) in [7, 11) is 1.38. The van der Waals surface area contributed by atoms with Crippen LogP contribution >= 0.6 is 0 Å². The summed E-state index contributed by atoms with van der Waals surface area (Å²) in [4.78, 5) is 16.5. The molecule has 0 fully saturated rings. The van der Waals surface area contributed by atoms with E-state index in [2.05, 4.69) is 9.99 Å². The monoisotopic (exact) mass is 313 g/mol. The van der Waals surface area contributed by atoms with Gasteiger partial charge in [-0.2, -0.15) is 0 Å². The maximum absolute atomic E-state index is 11.9. The lowest BCUT2D eigenvalue weighted by Crippen LogP contribution is -2.18. The highest BCUT2D eigenvalue weighted by atomic mass is 16.6. The van der Waals surface area contributed by atoms with Gasteiger partial charge in [0.1, 0.15) is 25.2 Å². The smallest absolute Gasteiger partial charge is 0.361 e. The highest BCUT2D eigenvalue weighted by molar-refractivity contribution is 6.35. The molecule has 0 N–H and O–H groups in total. The Hall–Kier alpha value is -2.82. The Balaban J connectivity index is 2.06. The van der Waals surface area contributed by atoms with Gasteiger partial charge in [-0.3, -0.25) is 0 Å². The van der Waals surface area contributed by atoms with Crippen LogP contribution in [0.5, 0.6) is 11.5 Å². The maximum atomic E-state index is 11.9. The van der Waals surface area contributed by atoms with Crippen LogP contribution in [0.3, 0.4) is 0 Å². The number of rotatable bonds is 6. The Morgan fingerprint density at radius 3 is 2.48 bits per heavy atom. The van der Waals surface area contributed by atoms with Crippen molar-refractivity contribution in [2.45, 2.75) is 20.5 Å². The predicted octanol–water partition coefficient (Wildman–Crippen LogP) is 3.50. The molecule has 2 rings (SSSR count). The minimum Gasteiger partial charge on any atom is -0.489 e. The fourth-order valence-electron chi connectivity index (χ4n) is 1.87. The summed E-state index contributed by atoms with van der Waals surface area (Å²) in [6, 6.07) is 15.0. The van der Waals surface area contributed by atoms with Crippen molar-refractivity contribution >= 4 is 11.7 Å². The van der Waals surface area contributed by atoms with Gasteiger partial charge in [0.25, 0.3) is 0 Å². The van der Waals surface area contributed by atoms with E-state index in [4.69, 9.17) is 9.47 Å². The lowest BCUT2D eigenvalue weighted by molar-refractivity contribution is -0.127. The zero-order chi connectivity index (χ0) is 16.7. The molecule has 0 amide bonds. The Morgan fingerprint density at radius 1 is 1.09 bits per heavy atom. The molecule has 0 aliphatic heterocycles. The number of aryl methyl sites for hydroxylation is 1. The number of ether oxygens (including phenoxy) is 2. The van der Waals surface area contributed by atoms with Gasteiger partial charge in [0.05, 0.1) is 0 Å². The van der Waals surface area contributed by atoms with Crippen LogP contribution in [-0.4, -0.2) is 18.8 Å². The van der Waals surface area contributed by atoms with Gasteiger partial charge in [0, 0.05) is 5.56 Å². The number of esters is 1. The highest BCUT2D eigenvalue weighted by Crippen LogP contribution is 2.21. The molecule has 0 bridgehead atoms. The van der Waals surface area contributed by atoms with Crippen LogP contribution in [0.4, 0.5) is 0 Å². The molecule has 23 heavy (non-hydrogen) atoms. The van der Waals surface area contributed by atoms with E-state index in [-0.39, 0.29) is 5.71 Å². The molecule has 0 aliphatic rings. The average molecular weight is 313 g/mol. The van der Waals surface area contributed by atoms with Gasteiger partial charge in [-0.25, -0.2) is 4.79 Å².